The first-order valence-corrected chi connectivity index (χ1v) is 13.8. The molecule has 0 fully saturated rings. The molecule has 0 spiro atoms. The van der Waals surface area contributed by atoms with Crippen molar-refractivity contribution in [2.24, 2.45) is 0 Å². The number of amides is 1. The molecule has 3 aromatic rings. The number of carboxylic acids is 1. The van der Waals surface area contributed by atoms with Crippen LogP contribution in [-0.4, -0.2) is 34.1 Å². The van der Waals surface area contributed by atoms with E-state index >= 15 is 4.39 Å². The number of nitrogens with zero attached hydrogens (tertiary/aromatic N) is 1. The van der Waals surface area contributed by atoms with Gasteiger partial charge in [-0.2, -0.15) is 0 Å². The molecule has 0 saturated carbocycles. The second-order valence-electron chi connectivity index (χ2n) is 11.9. The zero-order chi connectivity index (χ0) is 29.8. The van der Waals surface area contributed by atoms with Crippen LogP contribution in [0.1, 0.15) is 82.6 Å². The highest BCUT2D eigenvalue weighted by Crippen LogP contribution is 2.47. The predicted molar refractivity (Wildman–Crippen MR) is 151 cm³/mol. The molecule has 5 rings (SSSR count). The standard InChI is InChI=1S/C33H35F2NO5/c1-17-22-11-8-12-40-29(22)26(35)14-23(17)27-18(2)24-15-36(31(37)20-9-7-10-21(34)13-20)16-25(24)19(3)28(27)30(32(38)39)41-33(4,5)6/h7,9-10,13-14,30H,8,11-12,15-16H2,1-6H3,(H,38,39)/t30-/m0/s1. The number of ether oxygens (including phenoxy) is 2. The fourth-order valence-electron chi connectivity index (χ4n) is 6.15. The Labute approximate surface area is 238 Å². The largest absolute Gasteiger partial charge is 0.490 e. The summed E-state index contributed by atoms with van der Waals surface area (Å²) in [6, 6.07) is 6.99. The quantitative estimate of drug-likeness (QED) is 0.363. The van der Waals surface area contributed by atoms with Crippen LogP contribution in [0.25, 0.3) is 11.1 Å². The van der Waals surface area contributed by atoms with Crippen LogP contribution in [0.2, 0.25) is 0 Å². The average Bonchev–Trinajstić information content (AvgIpc) is 3.37. The van der Waals surface area contributed by atoms with Crippen LogP contribution in [-0.2, 0) is 29.0 Å². The highest BCUT2D eigenvalue weighted by atomic mass is 19.1. The lowest BCUT2D eigenvalue weighted by Gasteiger charge is -2.31. The second-order valence-corrected chi connectivity index (χ2v) is 11.9. The van der Waals surface area contributed by atoms with Gasteiger partial charge in [0, 0.05) is 29.8 Å². The van der Waals surface area contributed by atoms with Crippen molar-refractivity contribution in [1.82, 2.24) is 4.90 Å². The molecule has 0 unspecified atom stereocenters. The van der Waals surface area contributed by atoms with Crippen LogP contribution in [0.15, 0.2) is 30.3 Å². The van der Waals surface area contributed by atoms with Crippen molar-refractivity contribution < 1.29 is 33.0 Å². The van der Waals surface area contributed by atoms with Gasteiger partial charge in [-0.05, 0) is 118 Å². The van der Waals surface area contributed by atoms with E-state index < -0.39 is 29.3 Å². The van der Waals surface area contributed by atoms with E-state index in [2.05, 4.69) is 0 Å². The molecule has 216 valence electrons. The van der Waals surface area contributed by atoms with E-state index in [1.54, 1.807) is 31.7 Å². The number of carbonyl (C=O) groups excluding carboxylic acids is 1. The summed E-state index contributed by atoms with van der Waals surface area (Å²) in [5.74, 6) is -2.22. The van der Waals surface area contributed by atoms with Crippen molar-refractivity contribution in [2.75, 3.05) is 6.61 Å². The lowest BCUT2D eigenvalue weighted by Crippen LogP contribution is -2.29. The number of hydrogen-bond donors (Lipinski definition) is 1. The van der Waals surface area contributed by atoms with Gasteiger partial charge in [0.2, 0.25) is 0 Å². The average molecular weight is 564 g/mol. The Morgan fingerprint density at radius 3 is 2.32 bits per heavy atom. The van der Waals surface area contributed by atoms with E-state index in [4.69, 9.17) is 9.47 Å². The normalized spacial score (nSPS) is 15.3. The molecule has 0 aliphatic carbocycles. The lowest BCUT2D eigenvalue weighted by molar-refractivity contribution is -0.160. The molecule has 0 bridgehead atoms. The number of benzene rings is 3. The molecule has 2 aliphatic heterocycles. The maximum absolute atomic E-state index is 15.5. The fraction of sp³-hybridized carbons (Fsp3) is 0.394. The van der Waals surface area contributed by atoms with Crippen molar-refractivity contribution >= 4 is 11.9 Å². The molecule has 0 aromatic heterocycles. The van der Waals surface area contributed by atoms with Crippen LogP contribution >= 0.6 is 0 Å². The number of halogens is 2. The lowest BCUT2D eigenvalue weighted by atomic mass is 9.81. The molecule has 2 aliphatic rings. The molecule has 0 saturated heterocycles. The van der Waals surface area contributed by atoms with Crippen LogP contribution in [0.4, 0.5) is 8.78 Å². The Bertz CT molecular complexity index is 1570. The Balaban J connectivity index is 1.74. The van der Waals surface area contributed by atoms with Crippen LogP contribution in [0, 0.1) is 32.4 Å². The molecule has 6 nitrogen and oxygen atoms in total. The van der Waals surface area contributed by atoms with E-state index in [-0.39, 0.29) is 30.3 Å². The van der Waals surface area contributed by atoms with E-state index in [1.807, 2.05) is 20.8 Å². The first-order chi connectivity index (χ1) is 19.3. The van der Waals surface area contributed by atoms with E-state index in [0.29, 0.717) is 35.3 Å². The van der Waals surface area contributed by atoms with Gasteiger partial charge in [-0.3, -0.25) is 4.79 Å². The monoisotopic (exact) mass is 563 g/mol. The van der Waals surface area contributed by atoms with Gasteiger partial charge in [-0.1, -0.05) is 6.07 Å². The molecule has 41 heavy (non-hydrogen) atoms. The molecule has 2 heterocycles. The molecule has 3 aromatic carbocycles. The van der Waals surface area contributed by atoms with E-state index in [9.17, 15) is 19.1 Å². The molecular weight excluding hydrogens is 528 g/mol. The van der Waals surface area contributed by atoms with Crippen LogP contribution in [0.5, 0.6) is 5.75 Å². The number of hydrogen-bond acceptors (Lipinski definition) is 4. The number of carbonyl (C=O) groups is 2. The van der Waals surface area contributed by atoms with Gasteiger partial charge in [0.15, 0.2) is 17.7 Å². The number of aliphatic carboxylic acids is 1. The van der Waals surface area contributed by atoms with Gasteiger partial charge in [0.25, 0.3) is 5.91 Å². The summed E-state index contributed by atoms with van der Waals surface area (Å²) in [5, 5.41) is 10.4. The first-order valence-electron chi connectivity index (χ1n) is 13.8. The van der Waals surface area contributed by atoms with Crippen molar-refractivity contribution in [2.45, 2.75) is 79.2 Å². The molecule has 1 N–H and O–H groups in total. The van der Waals surface area contributed by atoms with Crippen LogP contribution in [0.3, 0.4) is 0 Å². The summed E-state index contributed by atoms with van der Waals surface area (Å²) in [6.45, 7) is 11.9. The molecular formula is C33H35F2NO5. The molecule has 8 heteroatoms. The van der Waals surface area contributed by atoms with Crippen molar-refractivity contribution in [1.29, 1.82) is 0 Å². The molecule has 0 radical (unpaired) electrons. The third kappa shape index (κ3) is 5.21. The Morgan fingerprint density at radius 2 is 1.68 bits per heavy atom. The number of carboxylic acid groups (broad SMARTS) is 1. The smallest absolute Gasteiger partial charge is 0.337 e. The maximum Gasteiger partial charge on any atom is 0.337 e. The Morgan fingerprint density at radius 1 is 1.00 bits per heavy atom. The minimum atomic E-state index is -1.34. The predicted octanol–water partition coefficient (Wildman–Crippen LogP) is 6.98. The summed E-state index contributed by atoms with van der Waals surface area (Å²) in [4.78, 5) is 27.8. The minimum Gasteiger partial charge on any atom is -0.490 e. The zero-order valence-electron chi connectivity index (χ0n) is 24.3. The topological polar surface area (TPSA) is 76.1 Å². The summed E-state index contributed by atoms with van der Waals surface area (Å²) >= 11 is 0. The highest BCUT2D eigenvalue weighted by Gasteiger charge is 2.37. The summed E-state index contributed by atoms with van der Waals surface area (Å²) in [6.07, 6.45) is 0.0752. The first kappa shape index (κ1) is 28.7. The molecule has 1 atom stereocenters. The SMILES string of the molecule is Cc1c(-c2c(C)c3c(c(C)c2[C@H](OC(C)(C)C)C(=O)O)CN(C(=O)c2cccc(F)c2)C3)cc(F)c2c1CCCO2. The van der Waals surface area contributed by atoms with Crippen LogP contribution < -0.4 is 4.74 Å². The Hall–Kier alpha value is -3.78. The molecule has 1 amide bonds. The van der Waals surface area contributed by atoms with Crippen molar-refractivity contribution in [3.63, 3.8) is 0 Å². The second kappa shape index (κ2) is 10.6. The third-order valence-corrected chi connectivity index (χ3v) is 8.04. The summed E-state index contributed by atoms with van der Waals surface area (Å²) < 4.78 is 41.2. The van der Waals surface area contributed by atoms with E-state index in [1.165, 1.54) is 24.3 Å². The fourth-order valence-corrected chi connectivity index (χ4v) is 6.15. The zero-order valence-corrected chi connectivity index (χ0v) is 24.3. The maximum atomic E-state index is 15.5. The number of rotatable bonds is 5. The number of fused-ring (bicyclic) bond motifs is 2. The highest BCUT2D eigenvalue weighted by molar-refractivity contribution is 5.95. The van der Waals surface area contributed by atoms with Gasteiger partial charge in [0.1, 0.15) is 5.82 Å². The Kier molecular flexibility index (Phi) is 7.40. The summed E-state index contributed by atoms with van der Waals surface area (Å²) in [7, 11) is 0. The third-order valence-electron chi connectivity index (χ3n) is 8.04. The van der Waals surface area contributed by atoms with Gasteiger partial charge in [-0.15, -0.1) is 0 Å². The van der Waals surface area contributed by atoms with Gasteiger partial charge < -0.3 is 19.5 Å². The van der Waals surface area contributed by atoms with Gasteiger partial charge in [-0.25, -0.2) is 13.6 Å². The van der Waals surface area contributed by atoms with Crippen molar-refractivity contribution in [3.05, 3.63) is 86.5 Å². The summed E-state index contributed by atoms with van der Waals surface area (Å²) in [5.41, 5.74) is 5.84. The van der Waals surface area contributed by atoms with Gasteiger partial charge >= 0.3 is 5.97 Å². The van der Waals surface area contributed by atoms with E-state index in [0.717, 1.165) is 34.2 Å². The van der Waals surface area contributed by atoms with Crippen molar-refractivity contribution in [3.8, 4) is 16.9 Å². The van der Waals surface area contributed by atoms with Gasteiger partial charge in [0.05, 0.1) is 12.2 Å². The minimum absolute atomic E-state index is 0.234.